The topological polar surface area (TPSA) is 79.8 Å². The monoisotopic (exact) mass is 285 g/mol. The highest BCUT2D eigenvalue weighted by Gasteiger charge is 2.11. The van der Waals surface area contributed by atoms with Gasteiger partial charge >= 0.3 is 0 Å². The number of hydrogen-bond donors (Lipinski definition) is 2. The minimum atomic E-state index is -0.146. The van der Waals surface area contributed by atoms with E-state index in [0.717, 1.165) is 24.3 Å². The highest BCUT2D eigenvalue weighted by atomic mass is 16.1. The molecule has 2 heterocycles. The van der Waals surface area contributed by atoms with Crippen molar-refractivity contribution in [1.82, 2.24) is 20.3 Å². The molecular formula is C15H19N5O. The molecule has 2 aromatic heterocycles. The third-order valence-electron chi connectivity index (χ3n) is 2.89. The van der Waals surface area contributed by atoms with Gasteiger partial charge in [0.15, 0.2) is 0 Å². The number of nitrogens with zero attached hydrogens (tertiary/aromatic N) is 3. The molecule has 6 heteroatoms. The fourth-order valence-electron chi connectivity index (χ4n) is 1.86. The van der Waals surface area contributed by atoms with Crippen LogP contribution in [-0.4, -0.2) is 27.4 Å². The zero-order valence-electron chi connectivity index (χ0n) is 12.3. The van der Waals surface area contributed by atoms with Crippen LogP contribution in [0.1, 0.15) is 35.2 Å². The van der Waals surface area contributed by atoms with E-state index < -0.39 is 0 Å². The van der Waals surface area contributed by atoms with E-state index in [4.69, 9.17) is 0 Å². The van der Waals surface area contributed by atoms with Crippen molar-refractivity contribution in [3.8, 4) is 0 Å². The van der Waals surface area contributed by atoms with Gasteiger partial charge in [0, 0.05) is 18.9 Å². The smallest absolute Gasteiger partial charge is 0.253 e. The average molecular weight is 285 g/mol. The number of pyridine rings is 1. The van der Waals surface area contributed by atoms with Crippen molar-refractivity contribution < 1.29 is 4.79 Å². The minimum absolute atomic E-state index is 0.146. The molecule has 0 radical (unpaired) electrons. The largest absolute Gasteiger partial charge is 0.383 e. The third kappa shape index (κ3) is 4.24. The number of aryl methyl sites for hydroxylation is 1. The quantitative estimate of drug-likeness (QED) is 0.847. The molecule has 0 atom stereocenters. The number of carbonyl (C=O) groups is 1. The molecule has 0 saturated carbocycles. The summed E-state index contributed by atoms with van der Waals surface area (Å²) in [6, 6.07) is 3.49. The summed E-state index contributed by atoms with van der Waals surface area (Å²) < 4.78 is 0. The lowest BCUT2D eigenvalue weighted by Crippen LogP contribution is -2.24. The minimum Gasteiger partial charge on any atom is -0.383 e. The van der Waals surface area contributed by atoms with Crippen molar-refractivity contribution >= 4 is 11.6 Å². The lowest BCUT2D eigenvalue weighted by atomic mass is 10.2. The zero-order valence-corrected chi connectivity index (χ0v) is 12.3. The first-order valence-electron chi connectivity index (χ1n) is 6.95. The molecule has 110 valence electrons. The molecular weight excluding hydrogens is 266 g/mol. The summed E-state index contributed by atoms with van der Waals surface area (Å²) in [5.41, 5.74) is 2.12. The second-order valence-electron chi connectivity index (χ2n) is 4.63. The van der Waals surface area contributed by atoms with Gasteiger partial charge in [0.25, 0.3) is 5.91 Å². The van der Waals surface area contributed by atoms with Crippen LogP contribution in [0.25, 0.3) is 0 Å². The third-order valence-corrected chi connectivity index (χ3v) is 2.89. The fourth-order valence-corrected chi connectivity index (χ4v) is 1.86. The number of nitrogens with one attached hydrogen (secondary N) is 2. The van der Waals surface area contributed by atoms with Crippen LogP contribution < -0.4 is 10.6 Å². The Kier molecular flexibility index (Phi) is 5.20. The van der Waals surface area contributed by atoms with Crippen molar-refractivity contribution in [2.24, 2.45) is 0 Å². The molecule has 2 N–H and O–H groups in total. The highest BCUT2D eigenvalue weighted by Crippen LogP contribution is 2.13. The molecule has 0 aromatic carbocycles. The van der Waals surface area contributed by atoms with Crippen LogP contribution >= 0.6 is 0 Å². The van der Waals surface area contributed by atoms with Gasteiger partial charge in [0.2, 0.25) is 0 Å². The Hall–Kier alpha value is -2.50. The molecule has 21 heavy (non-hydrogen) atoms. The molecule has 0 aliphatic carbocycles. The molecule has 0 bridgehead atoms. The molecule has 0 saturated heterocycles. The highest BCUT2D eigenvalue weighted by molar-refractivity contribution is 5.99. The van der Waals surface area contributed by atoms with E-state index in [0.29, 0.717) is 17.9 Å². The average Bonchev–Trinajstić information content (AvgIpc) is 2.51. The maximum absolute atomic E-state index is 12.3. The van der Waals surface area contributed by atoms with Crippen molar-refractivity contribution in [1.29, 1.82) is 0 Å². The van der Waals surface area contributed by atoms with Crippen molar-refractivity contribution in [2.45, 2.75) is 26.8 Å². The van der Waals surface area contributed by atoms with Crippen LogP contribution in [0.15, 0.2) is 30.7 Å². The number of amides is 1. The Morgan fingerprint density at radius 1 is 1.29 bits per heavy atom. The summed E-state index contributed by atoms with van der Waals surface area (Å²) in [5, 5.41) is 6.06. The van der Waals surface area contributed by atoms with Crippen LogP contribution in [0, 0.1) is 6.92 Å². The number of anilines is 1. The lowest BCUT2D eigenvalue weighted by Gasteiger charge is -2.11. The van der Waals surface area contributed by atoms with Gasteiger partial charge in [-0.2, -0.15) is 0 Å². The molecule has 1 amide bonds. The summed E-state index contributed by atoms with van der Waals surface area (Å²) in [7, 11) is 0. The SMILES string of the molecule is CCCNc1cnccc1C(=O)NCc1ccnc(C)n1. The lowest BCUT2D eigenvalue weighted by molar-refractivity contribution is 0.0951. The van der Waals surface area contributed by atoms with Crippen LogP contribution in [0.5, 0.6) is 0 Å². The summed E-state index contributed by atoms with van der Waals surface area (Å²) in [5.74, 6) is 0.545. The summed E-state index contributed by atoms with van der Waals surface area (Å²) in [6.45, 7) is 5.07. The summed E-state index contributed by atoms with van der Waals surface area (Å²) >= 11 is 0. The van der Waals surface area contributed by atoms with Crippen LogP contribution in [0.3, 0.4) is 0 Å². The predicted octanol–water partition coefficient (Wildman–Crippen LogP) is 1.93. The Morgan fingerprint density at radius 3 is 2.90 bits per heavy atom. The Balaban J connectivity index is 2.03. The fraction of sp³-hybridized carbons (Fsp3) is 0.333. The number of carbonyl (C=O) groups excluding carboxylic acids is 1. The maximum atomic E-state index is 12.3. The van der Waals surface area contributed by atoms with E-state index in [9.17, 15) is 4.79 Å². The molecule has 2 rings (SSSR count). The van der Waals surface area contributed by atoms with E-state index in [-0.39, 0.29) is 5.91 Å². The first-order valence-corrected chi connectivity index (χ1v) is 6.95. The Morgan fingerprint density at radius 2 is 2.14 bits per heavy atom. The predicted molar refractivity (Wildman–Crippen MR) is 81.0 cm³/mol. The van der Waals surface area contributed by atoms with Gasteiger partial charge in [-0.05, 0) is 25.5 Å². The number of aromatic nitrogens is 3. The van der Waals surface area contributed by atoms with E-state index in [2.05, 4.69) is 32.5 Å². The van der Waals surface area contributed by atoms with Crippen LogP contribution in [0.2, 0.25) is 0 Å². The molecule has 0 unspecified atom stereocenters. The van der Waals surface area contributed by atoms with Crippen molar-refractivity contribution in [3.63, 3.8) is 0 Å². The summed E-state index contributed by atoms with van der Waals surface area (Å²) in [6.07, 6.45) is 5.95. The van der Waals surface area contributed by atoms with E-state index in [1.807, 2.05) is 6.92 Å². The standard InChI is InChI=1S/C15H19N5O/c1-3-6-18-14-10-16-7-5-13(14)15(21)19-9-12-4-8-17-11(2)20-12/h4-5,7-8,10,18H,3,6,9H2,1-2H3,(H,19,21). The molecule has 0 fully saturated rings. The molecule has 0 aliphatic rings. The number of hydrogen-bond acceptors (Lipinski definition) is 5. The molecule has 2 aromatic rings. The maximum Gasteiger partial charge on any atom is 0.253 e. The van der Waals surface area contributed by atoms with Crippen molar-refractivity contribution in [3.05, 3.63) is 47.8 Å². The normalized spacial score (nSPS) is 10.2. The van der Waals surface area contributed by atoms with Gasteiger partial charge in [-0.25, -0.2) is 9.97 Å². The molecule has 0 aliphatic heterocycles. The van der Waals surface area contributed by atoms with Gasteiger partial charge in [-0.3, -0.25) is 9.78 Å². The van der Waals surface area contributed by atoms with Gasteiger partial charge in [-0.15, -0.1) is 0 Å². The van der Waals surface area contributed by atoms with Gasteiger partial charge < -0.3 is 10.6 Å². The first kappa shape index (κ1) is 14.9. The van der Waals surface area contributed by atoms with Crippen LogP contribution in [-0.2, 0) is 6.54 Å². The molecule has 0 spiro atoms. The van der Waals surface area contributed by atoms with Gasteiger partial charge in [-0.1, -0.05) is 6.92 Å². The van der Waals surface area contributed by atoms with Gasteiger partial charge in [0.05, 0.1) is 29.7 Å². The zero-order chi connectivity index (χ0) is 15.1. The Bertz CT molecular complexity index is 615. The second-order valence-corrected chi connectivity index (χ2v) is 4.63. The Labute approximate surface area is 124 Å². The van der Waals surface area contributed by atoms with E-state index in [1.54, 1.807) is 30.7 Å². The van der Waals surface area contributed by atoms with Gasteiger partial charge in [0.1, 0.15) is 5.82 Å². The van der Waals surface area contributed by atoms with E-state index in [1.165, 1.54) is 0 Å². The first-order chi connectivity index (χ1) is 10.2. The second kappa shape index (κ2) is 7.33. The van der Waals surface area contributed by atoms with E-state index >= 15 is 0 Å². The van der Waals surface area contributed by atoms with Crippen molar-refractivity contribution in [2.75, 3.05) is 11.9 Å². The molecule has 6 nitrogen and oxygen atoms in total. The van der Waals surface area contributed by atoms with Crippen LogP contribution in [0.4, 0.5) is 5.69 Å². The summed E-state index contributed by atoms with van der Waals surface area (Å²) in [4.78, 5) is 24.6. The number of rotatable bonds is 6.